The summed E-state index contributed by atoms with van der Waals surface area (Å²) in [6, 6.07) is 8.58. The number of fused-ring (bicyclic) bond motifs is 5. The summed E-state index contributed by atoms with van der Waals surface area (Å²) in [5.74, 6) is 1.20. The Hall–Kier alpha value is -1.38. The Morgan fingerprint density at radius 3 is 2.26 bits per heavy atom. The second kappa shape index (κ2) is 10.6. The zero-order valence-electron chi connectivity index (χ0n) is 25.8. The highest BCUT2D eigenvalue weighted by atomic mass is 32.2. The van der Waals surface area contributed by atoms with Gasteiger partial charge in [-0.3, -0.25) is 0 Å². The minimum Gasteiger partial charge on any atom is -0.393 e. The first kappa shape index (κ1) is 32.0. The molecule has 8 unspecified atom stereocenters. The van der Waals surface area contributed by atoms with Gasteiger partial charge in [0.2, 0.25) is 0 Å². The average Bonchev–Trinajstić information content (AvgIpc) is 3.24. The summed E-state index contributed by atoms with van der Waals surface area (Å²) in [5.41, 5.74) is -2.69. The van der Waals surface area contributed by atoms with Gasteiger partial charge in [0, 0.05) is 6.42 Å². The van der Waals surface area contributed by atoms with E-state index in [4.69, 9.17) is 0 Å². The molecule has 3 saturated carbocycles. The van der Waals surface area contributed by atoms with Crippen molar-refractivity contribution in [2.75, 3.05) is 0 Å². The predicted octanol–water partition coefficient (Wildman–Crippen LogP) is 7.89. The second-order valence-corrected chi connectivity index (χ2v) is 17.8. The third-order valence-corrected chi connectivity index (χ3v) is 14.6. The van der Waals surface area contributed by atoms with Gasteiger partial charge in [0.15, 0.2) is 15.4 Å². The van der Waals surface area contributed by atoms with Gasteiger partial charge in [0.1, 0.15) is 0 Å². The lowest BCUT2D eigenvalue weighted by molar-refractivity contribution is -0.271. The van der Waals surface area contributed by atoms with Gasteiger partial charge in [-0.15, -0.1) is 0 Å². The lowest BCUT2D eigenvalue weighted by atomic mass is 9.46. The number of halogens is 3. The molecule has 0 amide bonds. The van der Waals surface area contributed by atoms with Crippen LogP contribution in [-0.4, -0.2) is 41.8 Å². The van der Waals surface area contributed by atoms with Crippen molar-refractivity contribution in [1.82, 2.24) is 0 Å². The minimum atomic E-state index is -4.63. The number of sulfone groups is 1. The zero-order valence-corrected chi connectivity index (χ0v) is 26.6. The molecule has 0 heterocycles. The molecule has 236 valence electrons. The molecular weight excluding hydrogens is 561 g/mol. The van der Waals surface area contributed by atoms with Crippen molar-refractivity contribution < 1.29 is 31.8 Å². The summed E-state index contributed by atoms with van der Waals surface area (Å²) < 4.78 is 69.1. The largest absolute Gasteiger partial charge is 0.417 e. The number of aliphatic hydroxyl groups excluding tert-OH is 1. The van der Waals surface area contributed by atoms with E-state index in [9.17, 15) is 31.8 Å². The van der Waals surface area contributed by atoms with Gasteiger partial charge < -0.3 is 10.2 Å². The van der Waals surface area contributed by atoms with E-state index in [0.29, 0.717) is 29.6 Å². The van der Waals surface area contributed by atoms with Crippen molar-refractivity contribution in [3.05, 3.63) is 42.0 Å². The number of rotatable bonds is 6. The van der Waals surface area contributed by atoms with E-state index >= 15 is 0 Å². The van der Waals surface area contributed by atoms with Gasteiger partial charge in [0.25, 0.3) is 0 Å². The molecule has 4 aliphatic rings. The number of hydrogen-bond donors (Lipinski definition) is 2. The highest BCUT2D eigenvalue weighted by Gasteiger charge is 2.63. The smallest absolute Gasteiger partial charge is 0.393 e. The molecule has 9 atom stereocenters. The van der Waals surface area contributed by atoms with Gasteiger partial charge in [-0.05, 0) is 110 Å². The maximum Gasteiger partial charge on any atom is 0.417 e. The zero-order chi connectivity index (χ0) is 30.9. The first-order chi connectivity index (χ1) is 19.3. The lowest BCUT2D eigenvalue weighted by Crippen LogP contribution is -2.55. The third-order valence-electron chi connectivity index (χ3n) is 12.4. The summed E-state index contributed by atoms with van der Waals surface area (Å²) in [6.07, 6.45) is 1.56. The molecule has 0 spiro atoms. The average molecular weight is 611 g/mol. The van der Waals surface area contributed by atoms with Gasteiger partial charge in [-0.2, -0.15) is 13.2 Å². The molecule has 0 saturated heterocycles. The van der Waals surface area contributed by atoms with Crippen LogP contribution in [0.1, 0.15) is 98.8 Å². The third kappa shape index (κ3) is 5.29. The lowest BCUT2D eigenvalue weighted by Gasteiger charge is -2.59. The van der Waals surface area contributed by atoms with Crippen molar-refractivity contribution in [1.29, 1.82) is 0 Å². The monoisotopic (exact) mass is 610 g/mol. The van der Waals surface area contributed by atoms with Crippen LogP contribution in [0, 0.1) is 39.9 Å². The van der Waals surface area contributed by atoms with Gasteiger partial charge in [0.05, 0.1) is 16.2 Å². The van der Waals surface area contributed by atoms with Gasteiger partial charge in [-0.25, -0.2) is 8.42 Å². The van der Waals surface area contributed by atoms with E-state index in [0.717, 1.165) is 37.7 Å². The Labute approximate surface area is 250 Å². The molecule has 0 aromatic heterocycles. The van der Waals surface area contributed by atoms with Crippen LogP contribution in [0.15, 0.2) is 46.9 Å². The van der Waals surface area contributed by atoms with E-state index in [1.54, 1.807) is 30.3 Å². The fourth-order valence-corrected chi connectivity index (χ4v) is 11.3. The number of hydrogen-bond acceptors (Lipinski definition) is 4. The van der Waals surface area contributed by atoms with E-state index in [2.05, 4.69) is 13.8 Å². The Morgan fingerprint density at radius 2 is 1.64 bits per heavy atom. The first-order valence-corrected chi connectivity index (χ1v) is 17.3. The maximum atomic E-state index is 14.0. The second-order valence-electron chi connectivity index (χ2n) is 15.6. The van der Waals surface area contributed by atoms with Crippen LogP contribution in [0.4, 0.5) is 13.2 Å². The standard InChI is InChI=1S/C34H49F3O4S/c1-30(2,3)29(38)20-25(42(40,41)24-9-7-6-8-10-24)19-22-12-14-27-26-13-11-23-21-33(39,34(35,36)37)18-17-32(23,5)28(26)15-16-31(22,27)4/h6-11,22,25-29,38-39H,12-21H2,1-5H3/t22?,25?,26?,27?,28?,29?,31?,32-,33?/m0/s1. The minimum absolute atomic E-state index is 0.0542. The van der Waals surface area contributed by atoms with Crippen LogP contribution in [0.2, 0.25) is 0 Å². The summed E-state index contributed by atoms with van der Waals surface area (Å²) in [5, 5.41) is 20.9. The molecule has 1 aromatic carbocycles. The van der Waals surface area contributed by atoms with E-state index in [1.807, 2.05) is 26.8 Å². The van der Waals surface area contributed by atoms with Crippen molar-refractivity contribution >= 4 is 9.84 Å². The Kier molecular flexibility index (Phi) is 8.09. The molecule has 0 radical (unpaired) electrons. The van der Waals surface area contributed by atoms with Crippen molar-refractivity contribution in [2.24, 2.45) is 39.9 Å². The summed E-state index contributed by atoms with van der Waals surface area (Å²) in [4.78, 5) is 0.300. The Balaban J connectivity index is 1.40. The number of benzene rings is 1. The number of allylic oxidation sites excluding steroid dienone is 1. The number of aliphatic hydroxyl groups is 2. The normalized spacial score (nSPS) is 38.6. The maximum absolute atomic E-state index is 14.0. The Bertz CT molecular complexity index is 1290. The van der Waals surface area contributed by atoms with Crippen LogP contribution >= 0.6 is 0 Å². The van der Waals surface area contributed by atoms with Gasteiger partial charge in [-0.1, -0.05) is 64.5 Å². The van der Waals surface area contributed by atoms with Gasteiger partial charge >= 0.3 is 6.18 Å². The van der Waals surface area contributed by atoms with E-state index in [-0.39, 0.29) is 41.9 Å². The van der Waals surface area contributed by atoms with Crippen LogP contribution in [0.5, 0.6) is 0 Å². The topological polar surface area (TPSA) is 74.6 Å². The molecule has 3 fully saturated rings. The van der Waals surface area contributed by atoms with Crippen LogP contribution in [0.3, 0.4) is 0 Å². The molecular formula is C34H49F3O4S. The van der Waals surface area contributed by atoms with Crippen LogP contribution in [-0.2, 0) is 9.84 Å². The first-order valence-electron chi connectivity index (χ1n) is 15.8. The molecule has 42 heavy (non-hydrogen) atoms. The molecule has 4 aliphatic carbocycles. The van der Waals surface area contributed by atoms with E-state index in [1.165, 1.54) is 0 Å². The Morgan fingerprint density at radius 1 is 0.976 bits per heavy atom. The summed E-state index contributed by atoms with van der Waals surface area (Å²) in [6.45, 7) is 10.2. The van der Waals surface area contributed by atoms with Crippen LogP contribution < -0.4 is 0 Å². The van der Waals surface area contributed by atoms with E-state index < -0.39 is 38.4 Å². The van der Waals surface area contributed by atoms with Crippen molar-refractivity contribution in [3.63, 3.8) is 0 Å². The van der Waals surface area contributed by atoms with Crippen LogP contribution in [0.25, 0.3) is 0 Å². The molecule has 2 N–H and O–H groups in total. The quantitative estimate of drug-likeness (QED) is 0.321. The molecule has 0 aliphatic heterocycles. The van der Waals surface area contributed by atoms with Crippen molar-refractivity contribution in [3.8, 4) is 0 Å². The van der Waals surface area contributed by atoms with Crippen molar-refractivity contribution in [2.45, 2.75) is 127 Å². The predicted molar refractivity (Wildman–Crippen MR) is 158 cm³/mol. The highest BCUT2D eigenvalue weighted by Crippen LogP contribution is 2.68. The molecule has 0 bridgehead atoms. The molecule has 8 heteroatoms. The molecule has 4 nitrogen and oxygen atoms in total. The molecule has 5 rings (SSSR count). The molecule has 1 aromatic rings. The number of alkyl halides is 3. The summed E-state index contributed by atoms with van der Waals surface area (Å²) in [7, 11) is -3.67. The fraction of sp³-hybridized carbons (Fsp3) is 0.765. The SMILES string of the molecule is CC(C)(C)C(O)CC(CC1CCC2C3CC=C4CC(O)(C(F)(F)F)CC[C@]4(C)C3CCC12C)S(=O)(=O)c1ccccc1. The fourth-order valence-electron chi connectivity index (χ4n) is 9.46. The highest BCUT2D eigenvalue weighted by molar-refractivity contribution is 7.92. The summed E-state index contributed by atoms with van der Waals surface area (Å²) >= 11 is 0.